The highest BCUT2D eigenvalue weighted by Gasteiger charge is 2.07. The van der Waals surface area contributed by atoms with Crippen molar-refractivity contribution in [3.8, 4) is 0 Å². The summed E-state index contributed by atoms with van der Waals surface area (Å²) in [5.41, 5.74) is 1.31. The van der Waals surface area contributed by atoms with E-state index >= 15 is 0 Å². The lowest BCUT2D eigenvalue weighted by Crippen LogP contribution is -2.19. The second-order valence-corrected chi connectivity index (χ2v) is 4.60. The van der Waals surface area contributed by atoms with E-state index in [4.69, 9.17) is 5.11 Å². The van der Waals surface area contributed by atoms with Gasteiger partial charge in [0.15, 0.2) is 0 Å². The average molecular weight is 261 g/mol. The number of allylic oxidation sites excluding steroid dienone is 1. The molecule has 1 rings (SSSR count). The summed E-state index contributed by atoms with van der Waals surface area (Å²) in [7, 11) is 0. The Hall–Kier alpha value is -1.61. The molecule has 0 aromatic heterocycles. The molecule has 0 bridgehead atoms. The van der Waals surface area contributed by atoms with Crippen molar-refractivity contribution in [1.29, 1.82) is 0 Å². The van der Waals surface area contributed by atoms with Crippen molar-refractivity contribution >= 4 is 5.97 Å². The Morgan fingerprint density at radius 2 is 2.00 bits per heavy atom. The fourth-order valence-electron chi connectivity index (χ4n) is 2.01. The molecule has 0 heterocycles. The Bertz CT molecular complexity index is 401. The molecule has 0 spiro atoms. The number of carboxylic acid groups (broad SMARTS) is 1. The number of aromatic carboxylic acids is 1. The first kappa shape index (κ1) is 15.4. The summed E-state index contributed by atoms with van der Waals surface area (Å²) in [6, 6.07) is 7.19. The van der Waals surface area contributed by atoms with Crippen molar-refractivity contribution in [2.75, 3.05) is 13.1 Å². The van der Waals surface area contributed by atoms with Gasteiger partial charge in [-0.3, -0.25) is 0 Å². The van der Waals surface area contributed by atoms with Crippen LogP contribution in [0.15, 0.2) is 36.9 Å². The number of hydrogen-bond acceptors (Lipinski definition) is 2. The first-order chi connectivity index (χ1) is 9.25. The monoisotopic (exact) mass is 261 g/mol. The van der Waals surface area contributed by atoms with Gasteiger partial charge >= 0.3 is 5.97 Å². The van der Waals surface area contributed by atoms with Crippen LogP contribution < -0.4 is 5.32 Å². The largest absolute Gasteiger partial charge is 0.478 e. The van der Waals surface area contributed by atoms with Crippen molar-refractivity contribution in [3.05, 3.63) is 48.0 Å². The van der Waals surface area contributed by atoms with E-state index in [9.17, 15) is 4.79 Å². The van der Waals surface area contributed by atoms with Gasteiger partial charge in [-0.15, -0.1) is 6.58 Å². The van der Waals surface area contributed by atoms with E-state index in [1.54, 1.807) is 12.1 Å². The second kappa shape index (κ2) is 9.34. The SMILES string of the molecule is C=CCCCCCNCCc1ccccc1C(=O)O. The topological polar surface area (TPSA) is 49.3 Å². The highest BCUT2D eigenvalue weighted by molar-refractivity contribution is 5.89. The summed E-state index contributed by atoms with van der Waals surface area (Å²) in [6.45, 7) is 5.52. The lowest BCUT2D eigenvalue weighted by atomic mass is 10.0. The molecule has 0 saturated carbocycles. The smallest absolute Gasteiger partial charge is 0.335 e. The molecule has 0 aliphatic rings. The first-order valence-electron chi connectivity index (χ1n) is 6.88. The zero-order chi connectivity index (χ0) is 13.9. The standard InChI is InChI=1S/C16H23NO2/c1-2-3-4-5-8-12-17-13-11-14-9-6-7-10-15(14)16(18)19/h2,6-7,9-10,17H,1,3-5,8,11-13H2,(H,18,19). The van der Waals surface area contributed by atoms with Crippen molar-refractivity contribution < 1.29 is 9.90 Å². The van der Waals surface area contributed by atoms with E-state index in [1.165, 1.54) is 12.8 Å². The minimum Gasteiger partial charge on any atom is -0.478 e. The third-order valence-electron chi connectivity index (χ3n) is 3.08. The zero-order valence-electron chi connectivity index (χ0n) is 11.4. The van der Waals surface area contributed by atoms with Gasteiger partial charge in [0.2, 0.25) is 0 Å². The van der Waals surface area contributed by atoms with E-state index in [0.29, 0.717) is 5.56 Å². The molecule has 3 nitrogen and oxygen atoms in total. The Kier molecular flexibility index (Phi) is 7.59. The van der Waals surface area contributed by atoms with Crippen molar-refractivity contribution in [3.63, 3.8) is 0 Å². The van der Waals surface area contributed by atoms with Crippen LogP contribution in [0.3, 0.4) is 0 Å². The average Bonchev–Trinajstić information content (AvgIpc) is 2.42. The Morgan fingerprint density at radius 3 is 2.74 bits per heavy atom. The van der Waals surface area contributed by atoms with Gasteiger partial charge in [-0.05, 0) is 50.4 Å². The Balaban J connectivity index is 2.19. The third kappa shape index (κ3) is 6.20. The van der Waals surface area contributed by atoms with Crippen LogP contribution in [0.1, 0.15) is 41.6 Å². The molecule has 0 fully saturated rings. The molecule has 3 heteroatoms. The molecule has 1 aromatic carbocycles. The summed E-state index contributed by atoms with van der Waals surface area (Å²) in [6.07, 6.45) is 7.38. The normalized spacial score (nSPS) is 10.3. The number of rotatable bonds is 10. The van der Waals surface area contributed by atoms with Crippen molar-refractivity contribution in [2.24, 2.45) is 0 Å². The molecule has 1 aromatic rings. The highest BCUT2D eigenvalue weighted by Crippen LogP contribution is 2.09. The van der Waals surface area contributed by atoms with E-state index in [-0.39, 0.29) is 0 Å². The van der Waals surface area contributed by atoms with Gasteiger partial charge in [-0.1, -0.05) is 30.7 Å². The molecule has 0 unspecified atom stereocenters. The van der Waals surface area contributed by atoms with Crippen LogP contribution in [0.4, 0.5) is 0 Å². The van der Waals surface area contributed by atoms with E-state index < -0.39 is 5.97 Å². The lowest BCUT2D eigenvalue weighted by Gasteiger charge is -2.07. The second-order valence-electron chi connectivity index (χ2n) is 4.60. The minimum atomic E-state index is -0.847. The number of carbonyl (C=O) groups is 1. The maximum absolute atomic E-state index is 11.0. The summed E-state index contributed by atoms with van der Waals surface area (Å²) in [4.78, 5) is 11.0. The van der Waals surface area contributed by atoms with Crippen LogP contribution in [-0.4, -0.2) is 24.2 Å². The van der Waals surface area contributed by atoms with Crippen molar-refractivity contribution in [1.82, 2.24) is 5.32 Å². The fraction of sp³-hybridized carbons (Fsp3) is 0.438. The van der Waals surface area contributed by atoms with Gasteiger partial charge in [0.1, 0.15) is 0 Å². The predicted molar refractivity (Wildman–Crippen MR) is 78.6 cm³/mol. The van der Waals surface area contributed by atoms with Crippen LogP contribution in [0.2, 0.25) is 0 Å². The van der Waals surface area contributed by atoms with E-state index in [2.05, 4.69) is 11.9 Å². The Labute approximate surface area is 115 Å². The molecule has 0 amide bonds. The molecule has 0 aliphatic carbocycles. The summed E-state index contributed by atoms with van der Waals surface area (Å²) in [5.74, 6) is -0.847. The molecule has 0 saturated heterocycles. The van der Waals surface area contributed by atoms with Crippen LogP contribution in [0.25, 0.3) is 0 Å². The number of hydrogen-bond donors (Lipinski definition) is 2. The molecule has 0 atom stereocenters. The fourth-order valence-corrected chi connectivity index (χ4v) is 2.01. The van der Waals surface area contributed by atoms with E-state index in [1.807, 2.05) is 18.2 Å². The van der Waals surface area contributed by atoms with Crippen LogP contribution in [0, 0.1) is 0 Å². The molecule has 104 valence electrons. The number of benzene rings is 1. The van der Waals surface area contributed by atoms with Gasteiger partial charge in [0.25, 0.3) is 0 Å². The Morgan fingerprint density at radius 1 is 1.21 bits per heavy atom. The molecule has 0 aliphatic heterocycles. The maximum Gasteiger partial charge on any atom is 0.335 e. The number of carboxylic acids is 1. The van der Waals surface area contributed by atoms with Crippen LogP contribution >= 0.6 is 0 Å². The minimum absolute atomic E-state index is 0.412. The number of unbranched alkanes of at least 4 members (excludes halogenated alkanes) is 3. The van der Waals surface area contributed by atoms with Crippen LogP contribution in [-0.2, 0) is 6.42 Å². The maximum atomic E-state index is 11.0. The van der Waals surface area contributed by atoms with Gasteiger partial charge in [-0.25, -0.2) is 4.79 Å². The lowest BCUT2D eigenvalue weighted by molar-refractivity contribution is 0.0695. The molecule has 0 radical (unpaired) electrons. The molecular weight excluding hydrogens is 238 g/mol. The van der Waals surface area contributed by atoms with Gasteiger partial charge < -0.3 is 10.4 Å². The van der Waals surface area contributed by atoms with Crippen molar-refractivity contribution in [2.45, 2.75) is 32.1 Å². The molecule has 19 heavy (non-hydrogen) atoms. The quantitative estimate of drug-likeness (QED) is 0.502. The third-order valence-corrected chi connectivity index (χ3v) is 3.08. The van der Waals surface area contributed by atoms with Gasteiger partial charge in [-0.2, -0.15) is 0 Å². The zero-order valence-corrected chi connectivity index (χ0v) is 11.4. The van der Waals surface area contributed by atoms with E-state index in [0.717, 1.165) is 37.9 Å². The summed E-state index contributed by atoms with van der Waals surface area (Å²) < 4.78 is 0. The summed E-state index contributed by atoms with van der Waals surface area (Å²) >= 11 is 0. The molecular formula is C16H23NO2. The molecule has 2 N–H and O–H groups in total. The number of nitrogens with one attached hydrogen (secondary N) is 1. The van der Waals surface area contributed by atoms with Gasteiger partial charge in [0, 0.05) is 0 Å². The highest BCUT2D eigenvalue weighted by atomic mass is 16.4. The van der Waals surface area contributed by atoms with Crippen LogP contribution in [0.5, 0.6) is 0 Å². The summed E-state index contributed by atoms with van der Waals surface area (Å²) in [5, 5.41) is 12.4. The predicted octanol–water partition coefficient (Wildman–Crippen LogP) is 3.26. The first-order valence-corrected chi connectivity index (χ1v) is 6.88. The van der Waals surface area contributed by atoms with Gasteiger partial charge in [0.05, 0.1) is 5.56 Å².